The maximum Gasteiger partial charge on any atom is 0.413 e. The van der Waals surface area contributed by atoms with Crippen molar-refractivity contribution >= 4 is 57.5 Å². The number of anilines is 3. The van der Waals surface area contributed by atoms with Gasteiger partial charge in [0.2, 0.25) is 0 Å². The molecule has 3 N–H and O–H groups in total. The molecule has 0 radical (unpaired) electrons. The number of nitrogens with one attached hydrogen (secondary N) is 2. The highest BCUT2D eigenvalue weighted by Gasteiger charge is 2.19. The zero-order valence-electron chi connectivity index (χ0n) is 23.6. The lowest BCUT2D eigenvalue weighted by atomic mass is 9.97. The summed E-state index contributed by atoms with van der Waals surface area (Å²) in [5.41, 5.74) is 4.14. The van der Waals surface area contributed by atoms with Crippen molar-refractivity contribution in [2.24, 2.45) is 0 Å². The minimum absolute atomic E-state index is 0.143. The van der Waals surface area contributed by atoms with Gasteiger partial charge in [-0.25, -0.2) is 14.6 Å². The number of rotatable bonds is 8. The minimum Gasteiger partial charge on any atom is -0.465 e. The largest absolute Gasteiger partial charge is 0.465 e. The van der Waals surface area contributed by atoms with E-state index in [2.05, 4.69) is 15.6 Å². The molecule has 1 aromatic heterocycles. The van der Waals surface area contributed by atoms with Crippen molar-refractivity contribution in [2.45, 2.75) is 39.7 Å². The molecule has 0 bridgehead atoms. The second-order valence-corrected chi connectivity index (χ2v) is 11.8. The first-order valence-electron chi connectivity index (χ1n) is 13.1. The number of ether oxygens (including phenoxy) is 1. The van der Waals surface area contributed by atoms with Crippen molar-refractivity contribution < 1.29 is 24.2 Å². The zero-order chi connectivity index (χ0) is 30.4. The Kier molecular flexibility index (Phi) is 9.49. The van der Waals surface area contributed by atoms with Gasteiger partial charge in [-0.2, -0.15) is 0 Å². The quantitative estimate of drug-likeness (QED) is 0.186. The lowest BCUT2D eigenvalue weighted by Gasteiger charge is -2.19. The molecule has 1 heterocycles. The van der Waals surface area contributed by atoms with Crippen molar-refractivity contribution in [2.75, 3.05) is 22.1 Å². The van der Waals surface area contributed by atoms with Crippen LogP contribution in [0, 0.1) is 6.92 Å². The molecule has 3 amide bonds. The van der Waals surface area contributed by atoms with E-state index >= 15 is 0 Å². The van der Waals surface area contributed by atoms with Gasteiger partial charge < -0.3 is 15.2 Å². The van der Waals surface area contributed by atoms with E-state index in [0.29, 0.717) is 39.2 Å². The number of nitrogens with zero attached hydrogens (tertiary/aromatic N) is 2. The number of hydrogen-bond donors (Lipinski definition) is 3. The summed E-state index contributed by atoms with van der Waals surface area (Å²) >= 11 is 7.27. The van der Waals surface area contributed by atoms with Crippen molar-refractivity contribution in [3.05, 3.63) is 94.0 Å². The average Bonchev–Trinajstić information content (AvgIpc) is 3.35. The molecule has 0 aliphatic rings. The molecule has 0 spiro atoms. The van der Waals surface area contributed by atoms with Crippen LogP contribution in [0.25, 0.3) is 11.1 Å². The molecule has 4 rings (SSSR count). The number of halogens is 1. The topological polar surface area (TPSA) is 121 Å². The lowest BCUT2D eigenvalue weighted by molar-refractivity contribution is 0.0635. The van der Waals surface area contributed by atoms with Crippen LogP contribution in [-0.2, 0) is 11.2 Å². The fourth-order valence-electron chi connectivity index (χ4n) is 4.08. The second-order valence-electron chi connectivity index (χ2n) is 10.5. The van der Waals surface area contributed by atoms with Crippen LogP contribution in [0.1, 0.15) is 42.4 Å². The number of aromatic nitrogens is 1. The highest BCUT2D eigenvalue weighted by Crippen LogP contribution is 2.28. The molecule has 0 saturated carbocycles. The Morgan fingerprint density at radius 2 is 1.69 bits per heavy atom. The van der Waals surface area contributed by atoms with Gasteiger partial charge in [-0.3, -0.25) is 15.0 Å². The number of carbonyl (C=O) groups excluding carboxylic acids is 2. The Labute approximate surface area is 253 Å². The van der Waals surface area contributed by atoms with Crippen LogP contribution in [0.3, 0.4) is 0 Å². The number of aryl methyl sites for hydroxylation is 1. The third kappa shape index (κ3) is 8.31. The van der Waals surface area contributed by atoms with Gasteiger partial charge >= 0.3 is 12.2 Å². The van der Waals surface area contributed by atoms with E-state index in [0.717, 1.165) is 16.7 Å². The molecule has 0 saturated heterocycles. The number of carboxylic acid groups (broad SMARTS) is 1. The number of thiazole rings is 1. The third-order valence-corrected chi connectivity index (χ3v) is 7.05. The van der Waals surface area contributed by atoms with Crippen molar-refractivity contribution in [3.63, 3.8) is 0 Å². The molecule has 0 unspecified atom stereocenters. The highest BCUT2D eigenvalue weighted by molar-refractivity contribution is 7.13. The normalized spacial score (nSPS) is 11.1. The molecule has 0 atom stereocenters. The minimum atomic E-state index is -1.12. The van der Waals surface area contributed by atoms with Gasteiger partial charge in [0.15, 0.2) is 5.13 Å². The molecule has 0 aliphatic carbocycles. The van der Waals surface area contributed by atoms with E-state index in [1.807, 2.05) is 31.2 Å². The number of benzene rings is 3. The molecular formula is C31H31ClN4O5S. The van der Waals surface area contributed by atoms with Crippen LogP contribution >= 0.6 is 22.9 Å². The summed E-state index contributed by atoms with van der Waals surface area (Å²) in [6.45, 7) is 7.41. The number of hydrogen-bond acceptors (Lipinski definition) is 6. The molecule has 0 aliphatic heterocycles. The van der Waals surface area contributed by atoms with Gasteiger partial charge in [0.05, 0.1) is 5.69 Å². The Morgan fingerprint density at radius 3 is 2.33 bits per heavy atom. The Morgan fingerprint density at radius 1 is 1.00 bits per heavy atom. The first kappa shape index (κ1) is 30.5. The fraction of sp³-hybridized carbons (Fsp3) is 0.226. The van der Waals surface area contributed by atoms with Crippen LogP contribution in [0.2, 0.25) is 5.02 Å². The monoisotopic (exact) mass is 606 g/mol. The van der Waals surface area contributed by atoms with E-state index in [4.69, 9.17) is 16.3 Å². The van der Waals surface area contributed by atoms with Gasteiger partial charge in [-0.1, -0.05) is 41.4 Å². The molecule has 4 aromatic rings. The lowest BCUT2D eigenvalue weighted by Crippen LogP contribution is -2.31. The first-order chi connectivity index (χ1) is 19.9. The van der Waals surface area contributed by atoms with E-state index < -0.39 is 17.8 Å². The molecule has 0 fully saturated rings. The fourth-order valence-corrected chi connectivity index (χ4v) is 4.94. The van der Waals surface area contributed by atoms with Gasteiger partial charge in [0.25, 0.3) is 5.91 Å². The summed E-state index contributed by atoms with van der Waals surface area (Å²) in [6.07, 6.45) is -1.40. The zero-order valence-corrected chi connectivity index (χ0v) is 25.2. The number of amides is 3. The van der Waals surface area contributed by atoms with Crippen LogP contribution < -0.4 is 15.5 Å². The van der Waals surface area contributed by atoms with E-state index in [1.54, 1.807) is 68.6 Å². The summed E-state index contributed by atoms with van der Waals surface area (Å²) in [5.74, 6) is -0.290. The van der Waals surface area contributed by atoms with Crippen LogP contribution in [-0.4, -0.2) is 40.3 Å². The van der Waals surface area contributed by atoms with Gasteiger partial charge in [0, 0.05) is 40.3 Å². The maximum absolute atomic E-state index is 13.2. The van der Waals surface area contributed by atoms with Crippen molar-refractivity contribution in [3.8, 4) is 11.1 Å². The molecule has 3 aromatic carbocycles. The number of carbonyl (C=O) groups is 3. The summed E-state index contributed by atoms with van der Waals surface area (Å²) in [7, 11) is 0. The molecular weight excluding hydrogens is 576 g/mol. The predicted molar refractivity (Wildman–Crippen MR) is 167 cm³/mol. The second kappa shape index (κ2) is 13.1. The first-order valence-corrected chi connectivity index (χ1v) is 14.4. The average molecular weight is 607 g/mol. The van der Waals surface area contributed by atoms with E-state index in [9.17, 15) is 19.5 Å². The summed E-state index contributed by atoms with van der Waals surface area (Å²) in [4.78, 5) is 42.8. The SMILES string of the molecule is Cc1ccc(C(=O)Nc2ccc(N(CCc3csc(NC(=O)OC(C)(C)C)n3)C(=O)O)cc2)c(-c2ccc(Cl)cc2)c1. The van der Waals surface area contributed by atoms with E-state index in [1.165, 1.54) is 16.2 Å². The Balaban J connectivity index is 1.41. The molecule has 218 valence electrons. The Bertz CT molecular complexity index is 1580. The molecule has 9 nitrogen and oxygen atoms in total. The van der Waals surface area contributed by atoms with Gasteiger partial charge in [0.1, 0.15) is 5.60 Å². The van der Waals surface area contributed by atoms with Crippen LogP contribution in [0.5, 0.6) is 0 Å². The summed E-state index contributed by atoms with van der Waals surface area (Å²) in [6, 6.07) is 19.5. The van der Waals surface area contributed by atoms with Crippen molar-refractivity contribution in [1.82, 2.24) is 4.98 Å². The molecule has 11 heteroatoms. The van der Waals surface area contributed by atoms with Gasteiger partial charge in [-0.15, -0.1) is 11.3 Å². The summed E-state index contributed by atoms with van der Waals surface area (Å²) < 4.78 is 5.23. The highest BCUT2D eigenvalue weighted by atomic mass is 35.5. The van der Waals surface area contributed by atoms with E-state index in [-0.39, 0.29) is 12.5 Å². The predicted octanol–water partition coefficient (Wildman–Crippen LogP) is 8.10. The van der Waals surface area contributed by atoms with Crippen LogP contribution in [0.15, 0.2) is 72.1 Å². The third-order valence-electron chi connectivity index (χ3n) is 5.99. The standard InChI is InChI=1S/C31H31ClN4O5S/c1-19-5-14-25(26(17-19)20-6-8-21(32)9-7-20)27(37)33-22-10-12-24(13-11-22)36(30(39)40)16-15-23-18-42-28(34-23)35-29(38)41-31(2,3)4/h5-14,17-18H,15-16H2,1-4H3,(H,33,37)(H,39,40)(H,34,35,38). The molecule has 42 heavy (non-hydrogen) atoms. The summed E-state index contributed by atoms with van der Waals surface area (Å²) in [5, 5.41) is 18.1. The van der Waals surface area contributed by atoms with Crippen LogP contribution in [0.4, 0.5) is 26.1 Å². The van der Waals surface area contributed by atoms with Gasteiger partial charge in [-0.05, 0) is 81.3 Å². The smallest absolute Gasteiger partial charge is 0.413 e. The maximum atomic E-state index is 13.2. The Hall–Kier alpha value is -4.41. The van der Waals surface area contributed by atoms with Crippen molar-refractivity contribution in [1.29, 1.82) is 0 Å².